The minimum absolute atomic E-state index is 0.0433. The van der Waals surface area contributed by atoms with E-state index in [9.17, 15) is 13.2 Å². The first-order valence-corrected chi connectivity index (χ1v) is 8.46. The molecule has 0 aliphatic heterocycles. The molecule has 0 saturated heterocycles. The van der Waals surface area contributed by atoms with Gasteiger partial charge in [-0.1, -0.05) is 18.2 Å². The van der Waals surface area contributed by atoms with Crippen LogP contribution in [0.3, 0.4) is 0 Å². The van der Waals surface area contributed by atoms with Crippen molar-refractivity contribution in [3.8, 4) is 5.75 Å². The van der Waals surface area contributed by atoms with E-state index in [0.717, 1.165) is 31.2 Å². The summed E-state index contributed by atoms with van der Waals surface area (Å²) in [5.41, 5.74) is 1.57. The highest BCUT2D eigenvalue weighted by Gasteiger charge is 2.27. The number of ether oxygens (including phenoxy) is 1. The molecule has 2 aromatic carbocycles. The number of hydrogen-bond acceptors (Lipinski definition) is 2. The van der Waals surface area contributed by atoms with Crippen molar-refractivity contribution in [3.63, 3.8) is 0 Å². The minimum atomic E-state index is -0.941. The van der Waals surface area contributed by atoms with Crippen LogP contribution in [0.4, 0.5) is 13.2 Å². The highest BCUT2D eigenvalue weighted by molar-refractivity contribution is 5.34. The lowest BCUT2D eigenvalue weighted by Gasteiger charge is -2.29. The Morgan fingerprint density at radius 3 is 2.24 bits per heavy atom. The number of methoxy groups -OCH3 is 1. The molecule has 0 amide bonds. The maximum absolute atomic E-state index is 14.3. The molecule has 2 nitrogen and oxygen atoms in total. The molecule has 0 atom stereocenters. The summed E-state index contributed by atoms with van der Waals surface area (Å²) in [5.74, 6) is -2.10. The Labute approximate surface area is 145 Å². The van der Waals surface area contributed by atoms with Gasteiger partial charge in [-0.05, 0) is 60.8 Å². The van der Waals surface area contributed by atoms with Gasteiger partial charge in [0.05, 0.1) is 13.7 Å². The molecule has 1 aliphatic rings. The Morgan fingerprint density at radius 2 is 1.64 bits per heavy atom. The van der Waals surface area contributed by atoms with Crippen LogP contribution in [0.2, 0.25) is 0 Å². The quantitative estimate of drug-likeness (QED) is 0.836. The fourth-order valence-corrected chi connectivity index (χ4v) is 3.70. The van der Waals surface area contributed by atoms with Gasteiger partial charge >= 0.3 is 0 Å². The molecule has 3 rings (SSSR count). The topological polar surface area (TPSA) is 29.5 Å². The van der Waals surface area contributed by atoms with Crippen molar-refractivity contribution in [2.24, 2.45) is 0 Å². The second kappa shape index (κ2) is 7.48. The first-order valence-electron chi connectivity index (χ1n) is 8.46. The van der Waals surface area contributed by atoms with Gasteiger partial charge in [0.25, 0.3) is 0 Å². The Hall–Kier alpha value is -2.01. The molecule has 1 aliphatic carbocycles. The Bertz CT molecular complexity index is 753. The van der Waals surface area contributed by atoms with Crippen molar-refractivity contribution in [2.45, 2.75) is 44.1 Å². The van der Waals surface area contributed by atoms with E-state index in [-0.39, 0.29) is 29.8 Å². The van der Waals surface area contributed by atoms with Crippen LogP contribution in [0.15, 0.2) is 30.3 Å². The maximum Gasteiger partial charge on any atom is 0.200 e. The SMILES string of the molecule is COc1ccc(C2CCC(c3ccc(CO)c(F)c3)CC2)c(F)c1F. The molecule has 1 fully saturated rings. The minimum Gasteiger partial charge on any atom is -0.494 e. The third-order valence-electron chi connectivity index (χ3n) is 5.18. The molecule has 2 aromatic rings. The Kier molecular flexibility index (Phi) is 5.33. The highest BCUT2D eigenvalue weighted by Crippen LogP contribution is 2.42. The molecule has 0 spiro atoms. The summed E-state index contributed by atoms with van der Waals surface area (Å²) >= 11 is 0. The second-order valence-electron chi connectivity index (χ2n) is 6.54. The van der Waals surface area contributed by atoms with Crippen LogP contribution in [0.25, 0.3) is 0 Å². The molecule has 5 heteroatoms. The average Bonchev–Trinajstić information content (AvgIpc) is 2.64. The van der Waals surface area contributed by atoms with Crippen LogP contribution in [0.5, 0.6) is 5.75 Å². The van der Waals surface area contributed by atoms with E-state index < -0.39 is 17.5 Å². The third-order valence-corrected chi connectivity index (χ3v) is 5.18. The van der Waals surface area contributed by atoms with E-state index in [1.807, 2.05) is 6.07 Å². The molecule has 1 saturated carbocycles. The van der Waals surface area contributed by atoms with Crippen molar-refractivity contribution < 1.29 is 23.0 Å². The molecule has 134 valence electrons. The van der Waals surface area contributed by atoms with Gasteiger partial charge in [0, 0.05) is 5.56 Å². The Balaban J connectivity index is 1.72. The summed E-state index contributed by atoms with van der Waals surface area (Å²) in [6.45, 7) is -0.318. The average molecular weight is 350 g/mol. The first kappa shape index (κ1) is 17.8. The molecule has 0 unspecified atom stereocenters. The molecule has 0 bridgehead atoms. The van der Waals surface area contributed by atoms with E-state index in [1.54, 1.807) is 12.1 Å². The zero-order chi connectivity index (χ0) is 18.0. The Morgan fingerprint density at radius 1 is 0.960 bits per heavy atom. The van der Waals surface area contributed by atoms with E-state index in [1.165, 1.54) is 19.2 Å². The summed E-state index contributed by atoms with van der Waals surface area (Å²) in [5, 5.41) is 9.05. The highest BCUT2D eigenvalue weighted by atomic mass is 19.2. The van der Waals surface area contributed by atoms with E-state index in [0.29, 0.717) is 5.56 Å². The molecule has 25 heavy (non-hydrogen) atoms. The smallest absolute Gasteiger partial charge is 0.200 e. The van der Waals surface area contributed by atoms with E-state index >= 15 is 0 Å². The van der Waals surface area contributed by atoms with Crippen LogP contribution in [-0.2, 0) is 6.61 Å². The number of halogens is 3. The molecule has 0 heterocycles. The van der Waals surface area contributed by atoms with Crippen LogP contribution in [0.1, 0.15) is 54.2 Å². The van der Waals surface area contributed by atoms with Crippen molar-refractivity contribution in [2.75, 3.05) is 7.11 Å². The van der Waals surface area contributed by atoms with Crippen LogP contribution in [0, 0.1) is 17.5 Å². The molecule has 0 radical (unpaired) electrons. The monoisotopic (exact) mass is 350 g/mol. The van der Waals surface area contributed by atoms with Gasteiger partial charge in [0.15, 0.2) is 11.6 Å². The number of aliphatic hydroxyl groups excluding tert-OH is 1. The number of hydrogen-bond donors (Lipinski definition) is 1. The van der Waals surface area contributed by atoms with Gasteiger partial charge < -0.3 is 9.84 Å². The standard InChI is InChI=1S/C20H21F3O2/c1-25-18-9-8-16(19(22)20(18)23)13-4-2-12(3-5-13)14-6-7-15(11-24)17(21)10-14/h6-10,12-13,24H,2-5,11H2,1H3. The van der Waals surface area contributed by atoms with Crippen molar-refractivity contribution in [1.29, 1.82) is 0 Å². The van der Waals surface area contributed by atoms with E-state index in [2.05, 4.69) is 0 Å². The fourth-order valence-electron chi connectivity index (χ4n) is 3.70. The van der Waals surface area contributed by atoms with E-state index in [4.69, 9.17) is 9.84 Å². The van der Waals surface area contributed by atoms with Crippen molar-refractivity contribution >= 4 is 0 Å². The van der Waals surface area contributed by atoms with Crippen LogP contribution >= 0.6 is 0 Å². The fraction of sp³-hybridized carbons (Fsp3) is 0.400. The summed E-state index contributed by atoms with van der Waals surface area (Å²) in [4.78, 5) is 0. The third kappa shape index (κ3) is 3.52. The van der Waals surface area contributed by atoms with Crippen LogP contribution < -0.4 is 4.74 Å². The van der Waals surface area contributed by atoms with Gasteiger partial charge in [-0.15, -0.1) is 0 Å². The summed E-state index contributed by atoms with van der Waals surface area (Å²) in [7, 11) is 1.31. The first-order chi connectivity index (χ1) is 12.0. The normalized spacial score (nSPS) is 20.5. The molecule has 1 N–H and O–H groups in total. The van der Waals surface area contributed by atoms with Gasteiger partial charge in [0.2, 0.25) is 5.82 Å². The number of benzene rings is 2. The lowest BCUT2D eigenvalue weighted by atomic mass is 9.76. The van der Waals surface area contributed by atoms with Gasteiger partial charge in [-0.2, -0.15) is 4.39 Å². The van der Waals surface area contributed by atoms with Gasteiger partial charge in [-0.25, -0.2) is 8.78 Å². The molecule has 0 aromatic heterocycles. The lowest BCUT2D eigenvalue weighted by molar-refractivity contribution is 0.275. The second-order valence-corrected chi connectivity index (χ2v) is 6.54. The largest absolute Gasteiger partial charge is 0.494 e. The van der Waals surface area contributed by atoms with Crippen LogP contribution in [-0.4, -0.2) is 12.2 Å². The number of rotatable bonds is 4. The summed E-state index contributed by atoms with van der Waals surface area (Å²) in [6.07, 6.45) is 3.01. The zero-order valence-corrected chi connectivity index (χ0v) is 14.1. The molecular formula is C20H21F3O2. The number of aliphatic hydroxyl groups is 1. The predicted octanol–water partition coefficient (Wildman–Crippen LogP) is 5.05. The van der Waals surface area contributed by atoms with Gasteiger partial charge in [-0.3, -0.25) is 0 Å². The van der Waals surface area contributed by atoms with Gasteiger partial charge in [0.1, 0.15) is 5.82 Å². The molecular weight excluding hydrogens is 329 g/mol. The van der Waals surface area contributed by atoms with Crippen molar-refractivity contribution in [1.82, 2.24) is 0 Å². The summed E-state index contributed by atoms with van der Waals surface area (Å²) < 4.78 is 46.8. The lowest BCUT2D eigenvalue weighted by Crippen LogP contribution is -2.14. The zero-order valence-electron chi connectivity index (χ0n) is 14.1. The maximum atomic E-state index is 14.3. The summed E-state index contributed by atoms with van der Waals surface area (Å²) in [6, 6.07) is 7.98. The predicted molar refractivity (Wildman–Crippen MR) is 89.2 cm³/mol. The van der Waals surface area contributed by atoms with Crippen molar-refractivity contribution in [3.05, 3.63) is 64.5 Å².